The monoisotopic (exact) mass is 230 g/mol. The van der Waals surface area contributed by atoms with E-state index in [4.69, 9.17) is 4.74 Å². The van der Waals surface area contributed by atoms with E-state index in [1.165, 1.54) is 5.56 Å². The fourth-order valence-electron chi connectivity index (χ4n) is 1.62. The van der Waals surface area contributed by atoms with Gasteiger partial charge in [-0.3, -0.25) is 4.79 Å². The molecule has 0 amide bonds. The Morgan fingerprint density at radius 3 is 2.65 bits per heavy atom. The first-order valence-electron chi connectivity index (χ1n) is 6.21. The van der Waals surface area contributed by atoms with Crippen LogP contribution in [-0.2, 0) is 16.0 Å². The van der Waals surface area contributed by atoms with E-state index >= 15 is 0 Å². The highest BCUT2D eigenvalue weighted by atomic mass is 16.5. The molecule has 0 atom stereocenters. The lowest BCUT2D eigenvalue weighted by molar-refractivity contribution is -0.143. The van der Waals surface area contributed by atoms with Crippen LogP contribution in [0.25, 0.3) is 6.08 Å². The Labute approximate surface area is 102 Å². The molecule has 0 bridgehead atoms. The Balaban J connectivity index is 1.76. The van der Waals surface area contributed by atoms with Gasteiger partial charge in [0.2, 0.25) is 0 Å². The molecule has 1 aromatic carbocycles. The molecule has 0 heterocycles. The van der Waals surface area contributed by atoms with Gasteiger partial charge >= 0.3 is 5.97 Å². The van der Waals surface area contributed by atoms with Gasteiger partial charge in [-0.05, 0) is 36.5 Å². The van der Waals surface area contributed by atoms with Crippen LogP contribution < -0.4 is 0 Å². The molecule has 0 aromatic heterocycles. The van der Waals surface area contributed by atoms with Gasteiger partial charge < -0.3 is 4.74 Å². The molecule has 1 aliphatic rings. The molecule has 2 rings (SSSR count). The highest BCUT2D eigenvalue weighted by Crippen LogP contribution is 2.29. The van der Waals surface area contributed by atoms with E-state index in [0.717, 1.165) is 24.8 Å². The van der Waals surface area contributed by atoms with Crippen molar-refractivity contribution in [3.63, 3.8) is 0 Å². The SMILES string of the molecule is CCc1ccc(C=CCOC(=O)C2CC2)cc1. The molecular weight excluding hydrogens is 212 g/mol. The smallest absolute Gasteiger partial charge is 0.309 e. The minimum absolute atomic E-state index is 0.0454. The van der Waals surface area contributed by atoms with Crippen LogP contribution in [0.1, 0.15) is 30.9 Å². The predicted molar refractivity (Wildman–Crippen MR) is 68.5 cm³/mol. The van der Waals surface area contributed by atoms with Crippen molar-refractivity contribution in [3.05, 3.63) is 41.5 Å². The normalized spacial score (nSPS) is 15.1. The fourth-order valence-corrected chi connectivity index (χ4v) is 1.62. The predicted octanol–water partition coefficient (Wildman–Crippen LogP) is 3.22. The first-order chi connectivity index (χ1) is 8.29. The quantitative estimate of drug-likeness (QED) is 0.726. The first-order valence-corrected chi connectivity index (χ1v) is 6.21. The molecule has 2 nitrogen and oxygen atoms in total. The lowest BCUT2D eigenvalue weighted by Crippen LogP contribution is -2.05. The number of hydrogen-bond donors (Lipinski definition) is 0. The molecule has 1 saturated carbocycles. The molecule has 0 saturated heterocycles. The van der Waals surface area contributed by atoms with E-state index < -0.39 is 0 Å². The summed E-state index contributed by atoms with van der Waals surface area (Å²) in [6.07, 6.45) is 6.94. The van der Waals surface area contributed by atoms with E-state index in [9.17, 15) is 4.79 Å². The zero-order valence-corrected chi connectivity index (χ0v) is 10.2. The van der Waals surface area contributed by atoms with Crippen LogP contribution in [0.2, 0.25) is 0 Å². The molecule has 0 N–H and O–H groups in total. The number of ether oxygens (including phenoxy) is 1. The van der Waals surface area contributed by atoms with Gasteiger partial charge in [-0.1, -0.05) is 37.3 Å². The van der Waals surface area contributed by atoms with Crippen LogP contribution in [0.15, 0.2) is 30.3 Å². The lowest BCUT2D eigenvalue weighted by atomic mass is 10.1. The second-order valence-corrected chi connectivity index (χ2v) is 4.40. The minimum atomic E-state index is -0.0454. The standard InChI is InChI=1S/C15H18O2/c1-2-12-5-7-13(8-6-12)4-3-11-17-15(16)14-9-10-14/h3-8,14H,2,9-11H2,1H3. The number of esters is 1. The van der Waals surface area contributed by atoms with Crippen molar-refractivity contribution in [3.8, 4) is 0 Å². The summed E-state index contributed by atoms with van der Waals surface area (Å²) in [7, 11) is 0. The number of benzene rings is 1. The maximum Gasteiger partial charge on any atom is 0.309 e. The average molecular weight is 230 g/mol. The molecule has 0 aliphatic heterocycles. The van der Waals surface area contributed by atoms with Gasteiger partial charge in [-0.2, -0.15) is 0 Å². The molecular formula is C15H18O2. The van der Waals surface area contributed by atoms with Crippen LogP contribution in [-0.4, -0.2) is 12.6 Å². The number of hydrogen-bond acceptors (Lipinski definition) is 2. The Morgan fingerprint density at radius 1 is 1.35 bits per heavy atom. The summed E-state index contributed by atoms with van der Waals surface area (Å²) in [6.45, 7) is 2.52. The Morgan fingerprint density at radius 2 is 2.06 bits per heavy atom. The van der Waals surface area contributed by atoms with Gasteiger partial charge in [0.05, 0.1) is 5.92 Å². The van der Waals surface area contributed by atoms with Gasteiger partial charge in [-0.25, -0.2) is 0 Å². The van der Waals surface area contributed by atoms with Gasteiger partial charge in [0.1, 0.15) is 6.61 Å². The number of rotatable bonds is 5. The summed E-state index contributed by atoms with van der Waals surface area (Å²) in [5.74, 6) is 0.142. The van der Waals surface area contributed by atoms with Crippen LogP contribution in [0.4, 0.5) is 0 Å². The molecule has 1 aromatic rings. The lowest BCUT2D eigenvalue weighted by Gasteiger charge is -1.99. The summed E-state index contributed by atoms with van der Waals surface area (Å²) in [5, 5.41) is 0. The van der Waals surface area contributed by atoms with Gasteiger partial charge in [0, 0.05) is 0 Å². The van der Waals surface area contributed by atoms with Crippen molar-refractivity contribution in [1.29, 1.82) is 0 Å². The minimum Gasteiger partial charge on any atom is -0.461 e. The maximum absolute atomic E-state index is 11.2. The van der Waals surface area contributed by atoms with E-state index in [2.05, 4.69) is 31.2 Å². The molecule has 1 fully saturated rings. The Bertz CT molecular complexity index is 399. The number of carbonyl (C=O) groups is 1. The Hall–Kier alpha value is -1.57. The third-order valence-corrected chi connectivity index (χ3v) is 2.93. The topological polar surface area (TPSA) is 26.3 Å². The molecule has 0 unspecified atom stereocenters. The summed E-state index contributed by atoms with van der Waals surface area (Å²) in [4.78, 5) is 11.2. The van der Waals surface area contributed by atoms with Gasteiger partial charge in [-0.15, -0.1) is 0 Å². The van der Waals surface area contributed by atoms with Gasteiger partial charge in [0.15, 0.2) is 0 Å². The highest BCUT2D eigenvalue weighted by Gasteiger charge is 2.30. The van der Waals surface area contributed by atoms with Crippen LogP contribution in [0, 0.1) is 5.92 Å². The second-order valence-electron chi connectivity index (χ2n) is 4.40. The van der Waals surface area contributed by atoms with Crippen molar-refractivity contribution in [2.24, 2.45) is 5.92 Å². The summed E-state index contributed by atoms with van der Waals surface area (Å²) in [6, 6.07) is 8.40. The molecule has 0 spiro atoms. The van der Waals surface area contributed by atoms with Crippen LogP contribution in [0.3, 0.4) is 0 Å². The van der Waals surface area contributed by atoms with Crippen molar-refractivity contribution >= 4 is 12.0 Å². The van der Waals surface area contributed by atoms with Crippen molar-refractivity contribution in [2.75, 3.05) is 6.61 Å². The fraction of sp³-hybridized carbons (Fsp3) is 0.400. The van der Waals surface area contributed by atoms with E-state index in [0.29, 0.717) is 6.61 Å². The largest absolute Gasteiger partial charge is 0.461 e. The van der Waals surface area contributed by atoms with E-state index in [1.54, 1.807) is 0 Å². The second kappa shape index (κ2) is 5.67. The van der Waals surface area contributed by atoms with E-state index in [1.807, 2.05) is 12.2 Å². The third-order valence-electron chi connectivity index (χ3n) is 2.93. The highest BCUT2D eigenvalue weighted by molar-refractivity contribution is 5.75. The van der Waals surface area contributed by atoms with Crippen molar-refractivity contribution in [2.45, 2.75) is 26.2 Å². The summed E-state index contributed by atoms with van der Waals surface area (Å²) >= 11 is 0. The molecule has 1 aliphatic carbocycles. The van der Waals surface area contributed by atoms with Crippen molar-refractivity contribution < 1.29 is 9.53 Å². The molecule has 2 heteroatoms. The third kappa shape index (κ3) is 3.74. The summed E-state index contributed by atoms with van der Waals surface area (Å²) in [5.41, 5.74) is 2.48. The zero-order chi connectivity index (χ0) is 12.1. The first kappa shape index (κ1) is 11.9. The maximum atomic E-state index is 11.2. The zero-order valence-electron chi connectivity index (χ0n) is 10.2. The van der Waals surface area contributed by atoms with Crippen LogP contribution >= 0.6 is 0 Å². The molecule has 17 heavy (non-hydrogen) atoms. The van der Waals surface area contributed by atoms with E-state index in [-0.39, 0.29) is 11.9 Å². The Kier molecular flexibility index (Phi) is 3.97. The number of carbonyl (C=O) groups excluding carboxylic acids is 1. The van der Waals surface area contributed by atoms with Crippen LogP contribution in [0.5, 0.6) is 0 Å². The number of aryl methyl sites for hydroxylation is 1. The van der Waals surface area contributed by atoms with Crippen molar-refractivity contribution in [1.82, 2.24) is 0 Å². The summed E-state index contributed by atoms with van der Waals surface area (Å²) < 4.78 is 5.11. The molecule has 0 radical (unpaired) electrons. The van der Waals surface area contributed by atoms with Gasteiger partial charge in [0.25, 0.3) is 0 Å². The molecule has 90 valence electrons. The average Bonchev–Trinajstić information content (AvgIpc) is 3.19.